The lowest BCUT2D eigenvalue weighted by molar-refractivity contribution is 0.0745. The van der Waals surface area contributed by atoms with Gasteiger partial charge in [0, 0.05) is 19.2 Å². The number of halogens is 1. The molecule has 0 aliphatic rings. The molecule has 3 nitrogen and oxygen atoms in total. The Kier molecular flexibility index (Phi) is 5.29. The maximum absolute atomic E-state index is 13.4. The van der Waals surface area contributed by atoms with Crippen LogP contribution in [0.15, 0.2) is 18.2 Å². The molecule has 0 spiro atoms. The highest BCUT2D eigenvalue weighted by molar-refractivity contribution is 5.96. The van der Waals surface area contributed by atoms with Gasteiger partial charge in [-0.2, -0.15) is 0 Å². The Labute approximate surface area is 120 Å². The smallest absolute Gasteiger partial charge is 0.254 e. The molecular formula is C16H21FN2O. The molecule has 0 saturated heterocycles. The molecule has 0 saturated carbocycles. The van der Waals surface area contributed by atoms with Crippen LogP contribution in [0.1, 0.15) is 36.7 Å². The van der Waals surface area contributed by atoms with E-state index in [1.807, 2.05) is 20.8 Å². The number of carbonyl (C=O) groups excluding carboxylic acids is 1. The maximum atomic E-state index is 13.4. The molecule has 0 atom stereocenters. The van der Waals surface area contributed by atoms with Crippen molar-refractivity contribution in [3.05, 3.63) is 35.1 Å². The zero-order chi connectivity index (χ0) is 15.3. The summed E-state index contributed by atoms with van der Waals surface area (Å²) >= 11 is 0. The fraction of sp³-hybridized carbons (Fsp3) is 0.438. The summed E-state index contributed by atoms with van der Waals surface area (Å²) in [4.78, 5) is 14.0. The molecule has 1 aromatic carbocycles. The van der Waals surface area contributed by atoms with Gasteiger partial charge in [-0.15, -0.1) is 0 Å². The molecule has 0 aliphatic carbocycles. The molecule has 1 amide bonds. The molecule has 0 heterocycles. The molecule has 4 heteroatoms. The van der Waals surface area contributed by atoms with E-state index in [1.165, 1.54) is 18.2 Å². The Hall–Kier alpha value is -1.86. The second-order valence-electron chi connectivity index (χ2n) is 5.92. The number of hydrogen-bond donors (Lipinski definition) is 1. The van der Waals surface area contributed by atoms with Crippen molar-refractivity contribution in [1.29, 1.82) is 0 Å². The van der Waals surface area contributed by atoms with Crippen LogP contribution in [-0.4, -0.2) is 30.9 Å². The Balaban J connectivity index is 3.11. The number of nitrogens with two attached hydrogens (primary N) is 1. The Morgan fingerprint density at radius 3 is 2.60 bits per heavy atom. The van der Waals surface area contributed by atoms with Gasteiger partial charge in [0.15, 0.2) is 0 Å². The van der Waals surface area contributed by atoms with Gasteiger partial charge >= 0.3 is 0 Å². The number of rotatable bonds is 2. The van der Waals surface area contributed by atoms with Gasteiger partial charge in [0.05, 0.1) is 12.1 Å². The van der Waals surface area contributed by atoms with Crippen molar-refractivity contribution >= 4 is 5.91 Å². The van der Waals surface area contributed by atoms with Gasteiger partial charge in [0.25, 0.3) is 5.91 Å². The molecule has 0 bridgehead atoms. The second kappa shape index (κ2) is 6.53. The minimum Gasteiger partial charge on any atom is -0.341 e. The lowest BCUT2D eigenvalue weighted by Crippen LogP contribution is -2.34. The molecule has 0 unspecified atom stereocenters. The fourth-order valence-electron chi connectivity index (χ4n) is 1.94. The number of nitrogens with zero attached hydrogens (tertiary/aromatic N) is 1. The van der Waals surface area contributed by atoms with E-state index in [2.05, 4.69) is 11.8 Å². The third kappa shape index (κ3) is 4.67. The van der Waals surface area contributed by atoms with Crippen LogP contribution in [0, 0.1) is 23.1 Å². The monoisotopic (exact) mass is 276 g/mol. The zero-order valence-electron chi connectivity index (χ0n) is 12.5. The van der Waals surface area contributed by atoms with E-state index < -0.39 is 5.82 Å². The van der Waals surface area contributed by atoms with Crippen LogP contribution in [0.25, 0.3) is 0 Å². The summed E-state index contributed by atoms with van der Waals surface area (Å²) in [6, 6.07) is 4.03. The van der Waals surface area contributed by atoms with Crippen molar-refractivity contribution in [2.45, 2.75) is 20.8 Å². The van der Waals surface area contributed by atoms with Crippen molar-refractivity contribution in [3.8, 4) is 11.8 Å². The van der Waals surface area contributed by atoms with Gasteiger partial charge in [0.1, 0.15) is 5.82 Å². The zero-order valence-corrected chi connectivity index (χ0v) is 12.5. The SMILES string of the molecule is CN(CC(C)(C)C)C(=O)c1cc(F)ccc1C#CCN. The summed E-state index contributed by atoms with van der Waals surface area (Å²) in [5, 5.41) is 0. The first-order chi connectivity index (χ1) is 9.24. The Morgan fingerprint density at radius 1 is 1.40 bits per heavy atom. The topological polar surface area (TPSA) is 46.3 Å². The summed E-state index contributed by atoms with van der Waals surface area (Å²) in [6.45, 7) is 6.89. The van der Waals surface area contributed by atoms with E-state index in [1.54, 1.807) is 11.9 Å². The van der Waals surface area contributed by atoms with E-state index in [0.29, 0.717) is 12.1 Å². The largest absolute Gasteiger partial charge is 0.341 e. The van der Waals surface area contributed by atoms with Crippen molar-refractivity contribution in [2.24, 2.45) is 11.1 Å². The quantitative estimate of drug-likeness (QED) is 0.842. The van der Waals surface area contributed by atoms with Crippen LogP contribution in [0.3, 0.4) is 0 Å². The second-order valence-corrected chi connectivity index (χ2v) is 5.92. The van der Waals surface area contributed by atoms with Gasteiger partial charge in [0.2, 0.25) is 0 Å². The van der Waals surface area contributed by atoms with Gasteiger partial charge in [-0.25, -0.2) is 4.39 Å². The summed E-state index contributed by atoms with van der Waals surface area (Å²) in [7, 11) is 1.71. The minimum atomic E-state index is -0.448. The van der Waals surface area contributed by atoms with Crippen LogP contribution in [0.2, 0.25) is 0 Å². The third-order valence-electron chi connectivity index (χ3n) is 2.60. The van der Waals surface area contributed by atoms with Crippen LogP contribution in [0.5, 0.6) is 0 Å². The number of amides is 1. The highest BCUT2D eigenvalue weighted by atomic mass is 19.1. The summed E-state index contributed by atoms with van der Waals surface area (Å²) in [6.07, 6.45) is 0. The van der Waals surface area contributed by atoms with E-state index in [4.69, 9.17) is 5.73 Å². The molecule has 0 fully saturated rings. The fourth-order valence-corrected chi connectivity index (χ4v) is 1.94. The van der Waals surface area contributed by atoms with Crippen molar-refractivity contribution < 1.29 is 9.18 Å². The van der Waals surface area contributed by atoms with Gasteiger partial charge in [-0.1, -0.05) is 32.6 Å². The molecule has 20 heavy (non-hydrogen) atoms. The van der Waals surface area contributed by atoms with Crippen LogP contribution < -0.4 is 5.73 Å². The van der Waals surface area contributed by atoms with Crippen LogP contribution in [0.4, 0.5) is 4.39 Å². The standard InChI is InChI=1S/C16H21FN2O/c1-16(2,3)11-19(4)15(20)14-10-13(17)8-7-12(14)6-5-9-18/h7-8,10H,9,11,18H2,1-4H3. The molecule has 1 rings (SSSR count). The van der Waals surface area contributed by atoms with Crippen molar-refractivity contribution in [2.75, 3.05) is 20.1 Å². The maximum Gasteiger partial charge on any atom is 0.254 e. The Bertz CT molecular complexity index is 550. The van der Waals surface area contributed by atoms with Gasteiger partial charge in [-0.3, -0.25) is 4.79 Å². The number of carbonyl (C=O) groups is 1. The molecular weight excluding hydrogens is 255 g/mol. The average Bonchev–Trinajstić information content (AvgIpc) is 2.34. The first-order valence-electron chi connectivity index (χ1n) is 6.48. The predicted molar refractivity (Wildman–Crippen MR) is 78.7 cm³/mol. The van der Waals surface area contributed by atoms with E-state index in [9.17, 15) is 9.18 Å². The highest BCUT2D eigenvalue weighted by Crippen LogP contribution is 2.18. The number of benzene rings is 1. The molecule has 2 N–H and O–H groups in total. The van der Waals surface area contributed by atoms with E-state index in [0.717, 1.165) is 0 Å². The first kappa shape index (κ1) is 16.2. The van der Waals surface area contributed by atoms with Crippen molar-refractivity contribution in [1.82, 2.24) is 4.90 Å². The first-order valence-corrected chi connectivity index (χ1v) is 6.48. The van der Waals surface area contributed by atoms with E-state index in [-0.39, 0.29) is 23.4 Å². The molecule has 0 aromatic heterocycles. The predicted octanol–water partition coefficient (Wildman–Crippen LogP) is 2.25. The van der Waals surface area contributed by atoms with E-state index >= 15 is 0 Å². The van der Waals surface area contributed by atoms with Gasteiger partial charge < -0.3 is 10.6 Å². The molecule has 108 valence electrons. The molecule has 1 aromatic rings. The molecule has 0 aliphatic heterocycles. The van der Waals surface area contributed by atoms with Crippen LogP contribution >= 0.6 is 0 Å². The summed E-state index contributed by atoms with van der Waals surface area (Å²) in [5.41, 5.74) is 6.08. The summed E-state index contributed by atoms with van der Waals surface area (Å²) < 4.78 is 13.4. The van der Waals surface area contributed by atoms with Crippen LogP contribution in [-0.2, 0) is 0 Å². The average molecular weight is 276 g/mol. The Morgan fingerprint density at radius 2 is 2.05 bits per heavy atom. The lowest BCUT2D eigenvalue weighted by Gasteiger charge is -2.27. The lowest BCUT2D eigenvalue weighted by atomic mass is 9.95. The molecule has 0 radical (unpaired) electrons. The van der Waals surface area contributed by atoms with Gasteiger partial charge in [-0.05, 0) is 23.6 Å². The number of hydrogen-bond acceptors (Lipinski definition) is 2. The summed E-state index contributed by atoms with van der Waals surface area (Å²) in [5.74, 6) is 4.82. The van der Waals surface area contributed by atoms with Crippen molar-refractivity contribution in [3.63, 3.8) is 0 Å². The minimum absolute atomic E-state index is 0.0269. The normalized spacial score (nSPS) is 10.7. The third-order valence-corrected chi connectivity index (χ3v) is 2.60. The highest BCUT2D eigenvalue weighted by Gasteiger charge is 2.21.